The monoisotopic (exact) mass is 325 g/mol. The molecule has 4 heteroatoms. The molecule has 0 aromatic heterocycles. The lowest BCUT2D eigenvalue weighted by Crippen LogP contribution is -2.14. The molecule has 0 radical (unpaired) electrons. The van der Waals surface area contributed by atoms with E-state index in [1.807, 2.05) is 30.5 Å². The van der Waals surface area contributed by atoms with Crippen LogP contribution in [0, 0.1) is 5.82 Å². The third-order valence-electron chi connectivity index (χ3n) is 2.79. The molecule has 0 heterocycles. The van der Waals surface area contributed by atoms with Crippen LogP contribution in [0.2, 0.25) is 0 Å². The Morgan fingerprint density at radius 3 is 2.50 bits per heavy atom. The molecule has 94 valence electrons. The first-order valence-corrected chi connectivity index (χ1v) is 7.49. The summed E-state index contributed by atoms with van der Waals surface area (Å²) in [5.41, 5.74) is 7.64. The molecule has 0 aliphatic carbocycles. The van der Waals surface area contributed by atoms with Crippen molar-refractivity contribution >= 4 is 27.7 Å². The van der Waals surface area contributed by atoms with Crippen LogP contribution in [0.25, 0.3) is 0 Å². The highest BCUT2D eigenvalue weighted by molar-refractivity contribution is 9.10. The molecular weight excluding hydrogens is 313 g/mol. The van der Waals surface area contributed by atoms with E-state index in [1.54, 1.807) is 30.0 Å². The number of hydrogen-bond acceptors (Lipinski definition) is 2. The number of thioether (sulfide) groups is 1. The lowest BCUT2D eigenvalue weighted by molar-refractivity contribution is 0.592. The van der Waals surface area contributed by atoms with Gasteiger partial charge < -0.3 is 5.73 Å². The summed E-state index contributed by atoms with van der Waals surface area (Å²) in [6.07, 6.45) is 1.99. The van der Waals surface area contributed by atoms with Gasteiger partial charge in [0.25, 0.3) is 0 Å². The zero-order valence-electron chi connectivity index (χ0n) is 9.86. The normalized spacial score (nSPS) is 12.4. The maximum Gasteiger partial charge on any atom is 0.142 e. The Morgan fingerprint density at radius 2 is 1.78 bits per heavy atom. The molecule has 0 saturated heterocycles. The van der Waals surface area contributed by atoms with E-state index in [1.165, 1.54) is 0 Å². The third-order valence-corrected chi connectivity index (χ3v) is 4.21. The highest BCUT2D eigenvalue weighted by Crippen LogP contribution is 2.31. The molecule has 2 rings (SSSR count). The fourth-order valence-corrected chi connectivity index (χ4v) is 2.88. The molecule has 1 nitrogen and oxygen atoms in total. The second-order valence-electron chi connectivity index (χ2n) is 3.86. The van der Waals surface area contributed by atoms with Crippen molar-refractivity contribution in [2.45, 2.75) is 10.9 Å². The molecule has 1 unspecified atom stereocenters. The van der Waals surface area contributed by atoms with Crippen LogP contribution in [0.3, 0.4) is 0 Å². The van der Waals surface area contributed by atoms with E-state index < -0.39 is 6.04 Å². The molecule has 18 heavy (non-hydrogen) atoms. The van der Waals surface area contributed by atoms with Gasteiger partial charge in [-0.2, -0.15) is 0 Å². The van der Waals surface area contributed by atoms with E-state index in [2.05, 4.69) is 15.9 Å². The summed E-state index contributed by atoms with van der Waals surface area (Å²) in [4.78, 5) is 1.07. The van der Waals surface area contributed by atoms with Crippen molar-refractivity contribution in [3.05, 3.63) is 63.9 Å². The largest absolute Gasteiger partial charge is 0.320 e. The summed E-state index contributed by atoms with van der Waals surface area (Å²) in [6, 6.07) is 12.6. The van der Waals surface area contributed by atoms with Crippen LogP contribution in [-0.4, -0.2) is 6.26 Å². The predicted octanol–water partition coefficient (Wildman–Crippen LogP) is 4.36. The minimum Gasteiger partial charge on any atom is -0.320 e. The molecular formula is C14H13BrFNS. The lowest BCUT2D eigenvalue weighted by Gasteiger charge is -2.17. The maximum atomic E-state index is 14.0. The Morgan fingerprint density at radius 1 is 1.11 bits per heavy atom. The van der Waals surface area contributed by atoms with Gasteiger partial charge in [0, 0.05) is 10.5 Å². The van der Waals surface area contributed by atoms with E-state index in [-0.39, 0.29) is 5.82 Å². The Balaban J connectivity index is 2.48. The number of benzene rings is 2. The van der Waals surface area contributed by atoms with Gasteiger partial charge in [-0.25, -0.2) is 4.39 Å². The van der Waals surface area contributed by atoms with Crippen LogP contribution in [0.15, 0.2) is 51.8 Å². The van der Waals surface area contributed by atoms with Crippen molar-refractivity contribution in [2.24, 2.45) is 5.73 Å². The van der Waals surface area contributed by atoms with Gasteiger partial charge in [0.2, 0.25) is 0 Å². The molecule has 0 saturated carbocycles. The molecule has 2 aromatic carbocycles. The fraction of sp³-hybridized carbons (Fsp3) is 0.143. The number of rotatable bonds is 3. The smallest absolute Gasteiger partial charge is 0.142 e. The second-order valence-corrected chi connectivity index (χ2v) is 5.57. The molecule has 2 N–H and O–H groups in total. The van der Waals surface area contributed by atoms with Gasteiger partial charge in [0.1, 0.15) is 5.82 Å². The first kappa shape index (κ1) is 13.6. The molecule has 0 bridgehead atoms. The van der Waals surface area contributed by atoms with Crippen molar-refractivity contribution in [1.82, 2.24) is 0 Å². The van der Waals surface area contributed by atoms with Gasteiger partial charge in [-0.05, 0) is 39.9 Å². The highest BCUT2D eigenvalue weighted by atomic mass is 79.9. The van der Waals surface area contributed by atoms with Crippen molar-refractivity contribution in [2.75, 3.05) is 6.26 Å². The number of hydrogen-bond donors (Lipinski definition) is 1. The molecule has 1 atom stereocenters. The van der Waals surface area contributed by atoms with Gasteiger partial charge in [0.05, 0.1) is 10.5 Å². The van der Waals surface area contributed by atoms with Crippen molar-refractivity contribution in [3.8, 4) is 0 Å². The van der Waals surface area contributed by atoms with E-state index >= 15 is 0 Å². The molecule has 0 aliphatic rings. The Bertz CT molecular complexity index is 559. The van der Waals surface area contributed by atoms with Crippen LogP contribution in [0.4, 0.5) is 4.39 Å². The van der Waals surface area contributed by atoms with E-state index in [0.29, 0.717) is 10.0 Å². The van der Waals surface area contributed by atoms with Crippen molar-refractivity contribution in [1.29, 1.82) is 0 Å². The average Bonchev–Trinajstić information content (AvgIpc) is 2.41. The first-order valence-electron chi connectivity index (χ1n) is 5.47. The molecule has 0 fully saturated rings. The fourth-order valence-electron chi connectivity index (χ4n) is 1.85. The Kier molecular flexibility index (Phi) is 4.43. The topological polar surface area (TPSA) is 26.0 Å². The highest BCUT2D eigenvalue weighted by Gasteiger charge is 2.17. The van der Waals surface area contributed by atoms with Crippen LogP contribution in [0.1, 0.15) is 17.2 Å². The minimum absolute atomic E-state index is 0.291. The summed E-state index contributed by atoms with van der Waals surface area (Å²) < 4.78 is 14.5. The SMILES string of the molecule is CSc1ccccc1C(N)c1cccc(Br)c1F. The van der Waals surface area contributed by atoms with Gasteiger partial charge in [-0.1, -0.05) is 30.3 Å². The standard InChI is InChI=1S/C14H13BrFNS/c1-18-12-8-3-2-5-9(12)14(17)10-6-4-7-11(15)13(10)16/h2-8,14H,17H2,1H3. The van der Waals surface area contributed by atoms with Gasteiger partial charge in [-0.3, -0.25) is 0 Å². The van der Waals surface area contributed by atoms with Crippen LogP contribution in [-0.2, 0) is 0 Å². The first-order chi connectivity index (χ1) is 8.65. The van der Waals surface area contributed by atoms with E-state index in [4.69, 9.17) is 5.73 Å². The van der Waals surface area contributed by atoms with Gasteiger partial charge in [0.15, 0.2) is 0 Å². The Hall–Kier alpha value is -0.840. The maximum absolute atomic E-state index is 14.0. The minimum atomic E-state index is -0.453. The average molecular weight is 326 g/mol. The summed E-state index contributed by atoms with van der Waals surface area (Å²) in [5.74, 6) is -0.291. The zero-order chi connectivity index (χ0) is 13.1. The Labute approximate surface area is 119 Å². The van der Waals surface area contributed by atoms with E-state index in [0.717, 1.165) is 10.5 Å². The van der Waals surface area contributed by atoms with Crippen LogP contribution in [0.5, 0.6) is 0 Å². The zero-order valence-corrected chi connectivity index (χ0v) is 12.3. The summed E-state index contributed by atoms with van der Waals surface area (Å²) in [5, 5.41) is 0. The van der Waals surface area contributed by atoms with Crippen molar-refractivity contribution < 1.29 is 4.39 Å². The summed E-state index contributed by atoms with van der Waals surface area (Å²) in [6.45, 7) is 0. The predicted molar refractivity (Wildman–Crippen MR) is 78.4 cm³/mol. The lowest BCUT2D eigenvalue weighted by atomic mass is 9.99. The third kappa shape index (κ3) is 2.60. The van der Waals surface area contributed by atoms with Crippen LogP contribution < -0.4 is 5.73 Å². The summed E-state index contributed by atoms with van der Waals surface area (Å²) in [7, 11) is 0. The second kappa shape index (κ2) is 5.87. The van der Waals surface area contributed by atoms with Crippen molar-refractivity contribution in [3.63, 3.8) is 0 Å². The number of halogens is 2. The molecule has 0 spiro atoms. The van der Waals surface area contributed by atoms with Gasteiger partial charge >= 0.3 is 0 Å². The van der Waals surface area contributed by atoms with Crippen LogP contribution >= 0.6 is 27.7 Å². The quantitative estimate of drug-likeness (QED) is 0.848. The molecule has 2 aromatic rings. The molecule has 0 amide bonds. The number of nitrogens with two attached hydrogens (primary N) is 1. The van der Waals surface area contributed by atoms with Gasteiger partial charge in [-0.15, -0.1) is 11.8 Å². The summed E-state index contributed by atoms with van der Waals surface area (Å²) >= 11 is 4.80. The van der Waals surface area contributed by atoms with E-state index in [9.17, 15) is 4.39 Å². The molecule has 0 aliphatic heterocycles.